The second-order valence-electron chi connectivity index (χ2n) is 6.47. The lowest BCUT2D eigenvalue weighted by Crippen LogP contribution is -2.12. The molecule has 0 radical (unpaired) electrons. The Morgan fingerprint density at radius 1 is 0.692 bits per heavy atom. The molecule has 5 rings (SSSR count). The van der Waals surface area contributed by atoms with Gasteiger partial charge in [-0.2, -0.15) is 0 Å². The van der Waals surface area contributed by atoms with Gasteiger partial charge in [-0.1, -0.05) is 48.5 Å². The maximum Gasteiger partial charge on any atom is 0.256 e. The highest BCUT2D eigenvalue weighted by Crippen LogP contribution is 2.36. The zero-order chi connectivity index (χ0) is 17.7. The largest absolute Gasteiger partial charge is 0.322 e. The van der Waals surface area contributed by atoms with Gasteiger partial charge in [0, 0.05) is 16.1 Å². The molecule has 0 aromatic heterocycles. The molecule has 0 atom stereocenters. The number of amides is 1. The summed E-state index contributed by atoms with van der Waals surface area (Å²) >= 11 is 4.28. The molecule has 0 aliphatic carbocycles. The number of anilines is 1. The molecule has 0 aliphatic rings. The van der Waals surface area contributed by atoms with E-state index in [1.54, 1.807) is 0 Å². The molecule has 0 unspecified atom stereocenters. The second-order valence-corrected chi connectivity index (χ2v) is 6.99. The Bertz CT molecular complexity index is 1260. The van der Waals surface area contributed by atoms with Crippen LogP contribution in [0.3, 0.4) is 0 Å². The minimum atomic E-state index is -0.102. The van der Waals surface area contributed by atoms with Crippen LogP contribution in [0, 0.1) is 0 Å². The van der Waals surface area contributed by atoms with E-state index < -0.39 is 0 Å². The summed E-state index contributed by atoms with van der Waals surface area (Å²) in [5, 5.41) is 9.89. The smallest absolute Gasteiger partial charge is 0.256 e. The summed E-state index contributed by atoms with van der Waals surface area (Å²) in [7, 11) is 0. The van der Waals surface area contributed by atoms with Gasteiger partial charge in [0.05, 0.1) is 0 Å². The zero-order valence-electron chi connectivity index (χ0n) is 13.9. The van der Waals surface area contributed by atoms with Gasteiger partial charge in [-0.3, -0.25) is 4.79 Å². The SMILES string of the molecule is O=C(Nc1ccc(S)cc1)c1ccc2ccc3cccc4ccc1c2c34. The number of hydrogen-bond donors (Lipinski definition) is 2. The second kappa shape index (κ2) is 5.75. The molecule has 5 aromatic carbocycles. The third kappa shape index (κ3) is 2.32. The maximum atomic E-state index is 12.9. The first kappa shape index (κ1) is 15.2. The Hall–Kier alpha value is -3.04. The molecule has 1 amide bonds. The third-order valence-corrected chi connectivity index (χ3v) is 5.20. The lowest BCUT2D eigenvalue weighted by Gasteiger charge is -2.14. The number of thiol groups is 1. The average Bonchev–Trinajstić information content (AvgIpc) is 2.67. The lowest BCUT2D eigenvalue weighted by atomic mass is 9.92. The Labute approximate surface area is 156 Å². The van der Waals surface area contributed by atoms with Gasteiger partial charge in [-0.25, -0.2) is 0 Å². The minimum Gasteiger partial charge on any atom is -0.322 e. The zero-order valence-corrected chi connectivity index (χ0v) is 14.8. The van der Waals surface area contributed by atoms with Gasteiger partial charge in [-0.15, -0.1) is 12.6 Å². The normalized spacial score (nSPS) is 11.4. The number of nitrogens with one attached hydrogen (secondary N) is 1. The lowest BCUT2D eigenvalue weighted by molar-refractivity contribution is 0.102. The number of carbonyl (C=O) groups is 1. The predicted octanol–water partition coefficient (Wildman–Crippen LogP) is 6.13. The fraction of sp³-hybridized carbons (Fsp3) is 0. The van der Waals surface area contributed by atoms with E-state index >= 15 is 0 Å². The number of rotatable bonds is 2. The number of benzene rings is 5. The first-order valence-corrected chi connectivity index (χ1v) is 8.92. The molecule has 3 heteroatoms. The summed E-state index contributed by atoms with van der Waals surface area (Å²) in [5.74, 6) is -0.102. The monoisotopic (exact) mass is 353 g/mol. The van der Waals surface area contributed by atoms with Crippen LogP contribution in [0.15, 0.2) is 83.8 Å². The van der Waals surface area contributed by atoms with Crippen molar-refractivity contribution in [3.05, 3.63) is 84.4 Å². The summed E-state index contributed by atoms with van der Waals surface area (Å²) < 4.78 is 0. The standard InChI is InChI=1S/C23H15NOS/c25-23(24-17-8-10-18(26)11-9-17)20-13-7-16-5-4-14-2-1-3-15-6-12-19(20)22(16)21(14)15/h1-13,26H,(H,24,25). The summed E-state index contributed by atoms with van der Waals surface area (Å²) in [6.07, 6.45) is 0. The van der Waals surface area contributed by atoms with Gasteiger partial charge in [-0.05, 0) is 62.6 Å². The molecule has 0 saturated heterocycles. The molecule has 1 N–H and O–H groups in total. The van der Waals surface area contributed by atoms with Crippen LogP contribution in [0.4, 0.5) is 5.69 Å². The van der Waals surface area contributed by atoms with Crippen LogP contribution >= 0.6 is 12.6 Å². The number of hydrogen-bond acceptors (Lipinski definition) is 2. The highest BCUT2D eigenvalue weighted by molar-refractivity contribution is 7.80. The minimum absolute atomic E-state index is 0.102. The van der Waals surface area contributed by atoms with Crippen LogP contribution in [-0.2, 0) is 0 Å². The first-order valence-electron chi connectivity index (χ1n) is 8.48. The highest BCUT2D eigenvalue weighted by atomic mass is 32.1. The fourth-order valence-electron chi connectivity index (χ4n) is 3.68. The van der Waals surface area contributed by atoms with Crippen LogP contribution in [0.1, 0.15) is 10.4 Å². The first-order chi connectivity index (χ1) is 12.7. The van der Waals surface area contributed by atoms with E-state index in [0.29, 0.717) is 5.56 Å². The van der Waals surface area contributed by atoms with Crippen LogP contribution in [0.25, 0.3) is 32.3 Å². The predicted molar refractivity (Wildman–Crippen MR) is 112 cm³/mol. The maximum absolute atomic E-state index is 12.9. The molecule has 0 saturated carbocycles. The molecule has 0 heterocycles. The molecule has 2 nitrogen and oxygen atoms in total. The van der Waals surface area contributed by atoms with E-state index in [1.807, 2.05) is 36.4 Å². The van der Waals surface area contributed by atoms with Gasteiger partial charge < -0.3 is 5.32 Å². The highest BCUT2D eigenvalue weighted by Gasteiger charge is 2.15. The van der Waals surface area contributed by atoms with E-state index in [0.717, 1.165) is 26.7 Å². The molecule has 5 aromatic rings. The summed E-state index contributed by atoms with van der Waals surface area (Å²) in [5.41, 5.74) is 1.45. The molecule has 0 aliphatic heterocycles. The summed E-state index contributed by atoms with van der Waals surface area (Å²) in [6.45, 7) is 0. The van der Waals surface area contributed by atoms with Crippen molar-refractivity contribution in [2.45, 2.75) is 4.90 Å². The number of carbonyl (C=O) groups excluding carboxylic acids is 1. The van der Waals surface area contributed by atoms with Gasteiger partial charge in [0.1, 0.15) is 0 Å². The molecule has 0 spiro atoms. The van der Waals surface area contributed by atoms with E-state index in [1.165, 1.54) is 16.2 Å². The van der Waals surface area contributed by atoms with E-state index in [4.69, 9.17) is 0 Å². The van der Waals surface area contributed by atoms with Crippen LogP contribution in [0.5, 0.6) is 0 Å². The molecule has 0 fully saturated rings. The average molecular weight is 353 g/mol. The van der Waals surface area contributed by atoms with Gasteiger partial charge in [0.15, 0.2) is 0 Å². The van der Waals surface area contributed by atoms with Gasteiger partial charge >= 0.3 is 0 Å². The molecule has 0 bridgehead atoms. The molecular weight excluding hydrogens is 338 g/mol. The molecule has 26 heavy (non-hydrogen) atoms. The van der Waals surface area contributed by atoms with Gasteiger partial charge in [0.25, 0.3) is 5.91 Å². The Balaban J connectivity index is 1.70. The van der Waals surface area contributed by atoms with Crippen molar-refractivity contribution < 1.29 is 4.79 Å². The third-order valence-electron chi connectivity index (χ3n) is 4.90. The van der Waals surface area contributed by atoms with E-state index in [9.17, 15) is 4.79 Å². The van der Waals surface area contributed by atoms with Crippen molar-refractivity contribution in [1.82, 2.24) is 0 Å². The molecule has 124 valence electrons. The quantitative estimate of drug-likeness (QED) is 0.290. The van der Waals surface area contributed by atoms with Crippen molar-refractivity contribution in [1.29, 1.82) is 0 Å². The van der Waals surface area contributed by atoms with Crippen molar-refractivity contribution in [2.75, 3.05) is 5.32 Å². The van der Waals surface area contributed by atoms with E-state index in [2.05, 4.69) is 60.4 Å². The van der Waals surface area contributed by atoms with Crippen LogP contribution < -0.4 is 5.32 Å². The van der Waals surface area contributed by atoms with Crippen molar-refractivity contribution >= 4 is 56.5 Å². The Morgan fingerprint density at radius 2 is 1.31 bits per heavy atom. The molecular formula is C23H15NOS. The van der Waals surface area contributed by atoms with E-state index in [-0.39, 0.29) is 5.91 Å². The van der Waals surface area contributed by atoms with Gasteiger partial charge in [0.2, 0.25) is 0 Å². The fourth-order valence-corrected chi connectivity index (χ4v) is 3.83. The topological polar surface area (TPSA) is 29.1 Å². The Kier molecular flexibility index (Phi) is 3.37. The Morgan fingerprint density at radius 3 is 2.04 bits per heavy atom. The van der Waals surface area contributed by atoms with Crippen LogP contribution in [-0.4, -0.2) is 5.91 Å². The summed E-state index contributed by atoms with van der Waals surface area (Å²) in [6, 6.07) is 26.1. The van der Waals surface area contributed by atoms with Crippen molar-refractivity contribution in [2.24, 2.45) is 0 Å². The summed E-state index contributed by atoms with van der Waals surface area (Å²) in [4.78, 5) is 13.8. The van der Waals surface area contributed by atoms with Crippen LogP contribution in [0.2, 0.25) is 0 Å². The van der Waals surface area contributed by atoms with Crippen molar-refractivity contribution in [3.63, 3.8) is 0 Å². The van der Waals surface area contributed by atoms with Crippen molar-refractivity contribution in [3.8, 4) is 0 Å².